The third kappa shape index (κ3) is 3.46. The lowest BCUT2D eigenvalue weighted by molar-refractivity contribution is -0.124. The zero-order chi connectivity index (χ0) is 20.5. The molecule has 0 saturated carbocycles. The quantitative estimate of drug-likeness (QED) is 0.497. The molecule has 4 aromatic rings. The van der Waals surface area contributed by atoms with Gasteiger partial charge in [0.05, 0.1) is 5.52 Å². The van der Waals surface area contributed by atoms with E-state index in [-0.39, 0.29) is 11.5 Å². The number of para-hydroxylation sites is 1. The van der Waals surface area contributed by atoms with Crippen LogP contribution in [-0.4, -0.2) is 20.1 Å². The number of hydrogen-bond acceptors (Lipinski definition) is 3. The molecule has 0 saturated heterocycles. The molecule has 0 unspecified atom stereocenters. The first-order valence-corrected chi connectivity index (χ1v) is 10.3. The molecule has 1 atom stereocenters. The Labute approximate surface area is 176 Å². The summed E-state index contributed by atoms with van der Waals surface area (Å²) in [4.78, 5) is 29.4. The monoisotopic (exact) mass is 452 g/mol. The molecule has 2 aromatic heterocycles. The maximum absolute atomic E-state index is 13.2. The van der Waals surface area contributed by atoms with Crippen LogP contribution in [0.4, 0.5) is 0 Å². The lowest BCUT2D eigenvalue weighted by Gasteiger charge is -2.20. The van der Waals surface area contributed by atoms with Gasteiger partial charge in [-0.3, -0.25) is 14.3 Å². The van der Waals surface area contributed by atoms with Crippen LogP contribution in [0.2, 0.25) is 0 Å². The van der Waals surface area contributed by atoms with E-state index in [1.54, 1.807) is 0 Å². The second-order valence-corrected chi connectivity index (χ2v) is 7.82. The summed E-state index contributed by atoms with van der Waals surface area (Å²) in [7, 11) is 0. The smallest absolute Gasteiger partial charge is 0.273 e. The first-order chi connectivity index (χ1) is 14.0. The fourth-order valence-electron chi connectivity index (χ4n) is 3.73. The lowest BCUT2D eigenvalue weighted by Crippen LogP contribution is -2.34. The lowest BCUT2D eigenvalue weighted by atomic mass is 10.1. The minimum Gasteiger partial charge on any atom is -0.350 e. The Bertz CT molecular complexity index is 1280. The SMILES string of the molecule is CC[C@H](C(=O)NCc1ccccc1Br)n1c2ccccc2c2nc(=O)cc(C)n21. The van der Waals surface area contributed by atoms with E-state index in [0.29, 0.717) is 18.6 Å². The van der Waals surface area contributed by atoms with Crippen LogP contribution < -0.4 is 10.9 Å². The van der Waals surface area contributed by atoms with Crippen molar-refractivity contribution in [2.75, 3.05) is 0 Å². The first-order valence-electron chi connectivity index (χ1n) is 9.52. The molecule has 29 heavy (non-hydrogen) atoms. The summed E-state index contributed by atoms with van der Waals surface area (Å²) in [6.45, 7) is 4.27. The number of fused-ring (bicyclic) bond motifs is 3. The van der Waals surface area contributed by atoms with Gasteiger partial charge in [-0.25, -0.2) is 4.52 Å². The highest BCUT2D eigenvalue weighted by molar-refractivity contribution is 9.10. The van der Waals surface area contributed by atoms with Crippen molar-refractivity contribution >= 4 is 38.4 Å². The number of nitrogens with zero attached hydrogens (tertiary/aromatic N) is 3. The van der Waals surface area contributed by atoms with Crippen LogP contribution in [0.15, 0.2) is 63.9 Å². The second kappa shape index (κ2) is 7.83. The van der Waals surface area contributed by atoms with Gasteiger partial charge in [-0.1, -0.05) is 53.2 Å². The van der Waals surface area contributed by atoms with Gasteiger partial charge < -0.3 is 5.32 Å². The minimum absolute atomic E-state index is 0.0796. The Morgan fingerprint density at radius 3 is 2.66 bits per heavy atom. The number of amides is 1. The van der Waals surface area contributed by atoms with Gasteiger partial charge >= 0.3 is 0 Å². The minimum atomic E-state index is -0.442. The predicted octanol–water partition coefficient (Wildman–Crippen LogP) is 3.99. The van der Waals surface area contributed by atoms with Crippen LogP contribution in [0.1, 0.15) is 30.6 Å². The molecule has 1 amide bonds. The summed E-state index contributed by atoms with van der Waals surface area (Å²) in [5, 5.41) is 3.91. The van der Waals surface area contributed by atoms with E-state index < -0.39 is 6.04 Å². The fraction of sp³-hybridized carbons (Fsp3) is 0.227. The molecule has 0 aliphatic carbocycles. The molecule has 2 aromatic carbocycles. The van der Waals surface area contributed by atoms with Gasteiger partial charge in [-0.2, -0.15) is 4.98 Å². The molecular formula is C22H21BrN4O2. The molecule has 0 radical (unpaired) electrons. The van der Waals surface area contributed by atoms with Gasteiger partial charge in [0.1, 0.15) is 6.04 Å². The van der Waals surface area contributed by atoms with E-state index in [1.165, 1.54) is 6.07 Å². The number of nitrogens with one attached hydrogen (secondary N) is 1. The normalized spacial score (nSPS) is 12.4. The average molecular weight is 453 g/mol. The Morgan fingerprint density at radius 2 is 1.90 bits per heavy atom. The van der Waals surface area contributed by atoms with Crippen molar-refractivity contribution in [2.45, 2.75) is 32.9 Å². The largest absolute Gasteiger partial charge is 0.350 e. The Hall–Kier alpha value is -2.93. The highest BCUT2D eigenvalue weighted by Crippen LogP contribution is 2.26. The van der Waals surface area contributed by atoms with Gasteiger partial charge in [0.25, 0.3) is 5.56 Å². The van der Waals surface area contributed by atoms with Gasteiger partial charge in [-0.15, -0.1) is 0 Å². The molecule has 148 valence electrons. The summed E-state index contributed by atoms with van der Waals surface area (Å²) >= 11 is 3.52. The summed E-state index contributed by atoms with van der Waals surface area (Å²) < 4.78 is 4.78. The fourth-order valence-corrected chi connectivity index (χ4v) is 4.15. The van der Waals surface area contributed by atoms with Crippen LogP contribution in [0, 0.1) is 6.92 Å². The van der Waals surface area contributed by atoms with Crippen molar-refractivity contribution in [2.24, 2.45) is 0 Å². The van der Waals surface area contributed by atoms with E-state index >= 15 is 0 Å². The van der Waals surface area contributed by atoms with Gasteiger partial charge in [0.2, 0.25) is 5.91 Å². The molecular weight excluding hydrogens is 432 g/mol. The van der Waals surface area contributed by atoms with Crippen LogP contribution in [0.3, 0.4) is 0 Å². The zero-order valence-electron chi connectivity index (χ0n) is 16.2. The molecule has 7 heteroatoms. The molecule has 0 fully saturated rings. The highest BCUT2D eigenvalue weighted by Gasteiger charge is 2.24. The second-order valence-electron chi connectivity index (χ2n) is 6.97. The van der Waals surface area contributed by atoms with Crippen LogP contribution in [-0.2, 0) is 11.3 Å². The number of aromatic nitrogens is 3. The number of benzene rings is 2. The number of halogens is 1. The van der Waals surface area contributed by atoms with Crippen molar-refractivity contribution < 1.29 is 4.79 Å². The van der Waals surface area contributed by atoms with Gasteiger partial charge in [0.15, 0.2) is 5.65 Å². The predicted molar refractivity (Wildman–Crippen MR) is 117 cm³/mol. The van der Waals surface area contributed by atoms with E-state index in [0.717, 1.165) is 26.6 Å². The van der Waals surface area contributed by atoms with E-state index in [4.69, 9.17) is 0 Å². The van der Waals surface area contributed by atoms with Crippen LogP contribution in [0.25, 0.3) is 16.6 Å². The molecule has 0 aliphatic heterocycles. The third-order valence-corrected chi connectivity index (χ3v) is 5.86. The van der Waals surface area contributed by atoms with Crippen molar-refractivity contribution in [1.82, 2.24) is 19.5 Å². The number of aryl methyl sites for hydroxylation is 1. The zero-order valence-corrected chi connectivity index (χ0v) is 17.8. The molecule has 2 heterocycles. The summed E-state index contributed by atoms with van der Waals surface area (Å²) in [5.74, 6) is -0.0796. The molecule has 0 aliphatic rings. The summed E-state index contributed by atoms with van der Waals surface area (Å²) in [5.41, 5.74) is 2.92. The maximum Gasteiger partial charge on any atom is 0.273 e. The Balaban J connectivity index is 1.79. The topological polar surface area (TPSA) is 68.4 Å². The Kier molecular flexibility index (Phi) is 5.24. The first kappa shape index (κ1) is 19.4. The van der Waals surface area contributed by atoms with Gasteiger partial charge in [-0.05, 0) is 37.1 Å². The van der Waals surface area contributed by atoms with E-state index in [2.05, 4.69) is 26.2 Å². The van der Waals surface area contributed by atoms with Crippen molar-refractivity contribution in [3.05, 3.63) is 80.7 Å². The van der Waals surface area contributed by atoms with Crippen LogP contribution >= 0.6 is 15.9 Å². The van der Waals surface area contributed by atoms with E-state index in [9.17, 15) is 9.59 Å². The van der Waals surface area contributed by atoms with E-state index in [1.807, 2.05) is 71.6 Å². The highest BCUT2D eigenvalue weighted by atomic mass is 79.9. The molecule has 1 N–H and O–H groups in total. The number of carbonyl (C=O) groups is 1. The van der Waals surface area contributed by atoms with Crippen molar-refractivity contribution in [3.63, 3.8) is 0 Å². The number of rotatable bonds is 5. The standard InChI is InChI=1S/C22H21BrN4O2/c1-3-18(22(29)24-13-15-8-4-6-10-17(15)23)27-19-11-7-5-9-16(19)21-25-20(28)12-14(2)26(21)27/h4-12,18H,3,13H2,1-2H3,(H,24,29)/t18-/m1/s1. The summed E-state index contributed by atoms with van der Waals surface area (Å²) in [6.07, 6.45) is 0.598. The molecule has 0 bridgehead atoms. The number of carbonyl (C=O) groups excluding carboxylic acids is 1. The molecule has 6 nitrogen and oxygen atoms in total. The van der Waals surface area contributed by atoms with Crippen molar-refractivity contribution in [3.8, 4) is 0 Å². The maximum atomic E-state index is 13.2. The van der Waals surface area contributed by atoms with Crippen LogP contribution in [0.5, 0.6) is 0 Å². The molecule has 0 spiro atoms. The third-order valence-electron chi connectivity index (χ3n) is 5.09. The summed E-state index contributed by atoms with van der Waals surface area (Å²) in [6, 6.07) is 16.6. The average Bonchev–Trinajstić information content (AvgIpc) is 3.03. The van der Waals surface area contributed by atoms with Crippen molar-refractivity contribution in [1.29, 1.82) is 0 Å². The number of hydrogen-bond donors (Lipinski definition) is 1. The van der Waals surface area contributed by atoms with Gasteiger partial charge in [0, 0.05) is 28.2 Å². The molecule has 4 rings (SSSR count). The Morgan fingerprint density at radius 1 is 1.17 bits per heavy atom.